The molecule has 2 atom stereocenters. The minimum Gasteiger partial charge on any atom is -0.395 e. The lowest BCUT2D eigenvalue weighted by molar-refractivity contribution is 0.162. The van der Waals surface area contributed by atoms with E-state index >= 15 is 0 Å². The van der Waals surface area contributed by atoms with Crippen LogP contribution in [0.3, 0.4) is 0 Å². The number of amidine groups is 1. The first-order chi connectivity index (χ1) is 15.4. The molecule has 32 heavy (non-hydrogen) atoms. The van der Waals surface area contributed by atoms with Crippen LogP contribution in [0.15, 0.2) is 46.1 Å². The van der Waals surface area contributed by atoms with E-state index in [0.717, 1.165) is 28.9 Å². The van der Waals surface area contributed by atoms with Gasteiger partial charge in [0, 0.05) is 41.9 Å². The van der Waals surface area contributed by atoms with Crippen LogP contribution in [-0.4, -0.2) is 53.0 Å². The second-order valence-electron chi connectivity index (χ2n) is 7.18. The van der Waals surface area contributed by atoms with Crippen LogP contribution in [0.1, 0.15) is 19.4 Å². The van der Waals surface area contributed by atoms with Gasteiger partial charge in [0.2, 0.25) is 5.95 Å². The molecule has 0 aliphatic carbocycles. The molecule has 0 bridgehead atoms. The lowest BCUT2D eigenvalue weighted by Crippen LogP contribution is -2.39. The summed E-state index contributed by atoms with van der Waals surface area (Å²) in [6.45, 7) is 6.11. The molecule has 0 fully saturated rings. The zero-order chi connectivity index (χ0) is 23.1. The molecule has 1 aromatic heterocycles. The van der Waals surface area contributed by atoms with Crippen LogP contribution in [0.5, 0.6) is 0 Å². The highest BCUT2D eigenvalue weighted by Crippen LogP contribution is 2.24. The maximum absolute atomic E-state index is 9.76. The van der Waals surface area contributed by atoms with E-state index in [1.165, 1.54) is 0 Å². The summed E-state index contributed by atoms with van der Waals surface area (Å²) in [5, 5.41) is 31.8. The minimum atomic E-state index is -0.545. The van der Waals surface area contributed by atoms with Gasteiger partial charge in [0.05, 0.1) is 20.8 Å². The maximum atomic E-state index is 9.76. The van der Waals surface area contributed by atoms with Crippen molar-refractivity contribution in [1.82, 2.24) is 15.3 Å². The Labute approximate surface area is 205 Å². The predicted molar refractivity (Wildman–Crippen MR) is 143 cm³/mol. The first-order valence-electron chi connectivity index (χ1n) is 10.1. The molecule has 2 aromatic rings. The summed E-state index contributed by atoms with van der Waals surface area (Å²) in [6.07, 6.45) is 3.07. The average molecular weight is 616 g/mol. The number of aliphatic hydroxyl groups excluding tert-OH is 2. The number of nitrogens with zero attached hydrogens (tertiary/aromatic N) is 3. The van der Waals surface area contributed by atoms with Crippen molar-refractivity contribution in [3.8, 4) is 0 Å². The molecule has 1 aromatic carbocycles. The number of hydrogen-bond acceptors (Lipinski definition) is 9. The largest absolute Gasteiger partial charge is 0.395 e. The second-order valence-corrected chi connectivity index (χ2v) is 10.7. The van der Waals surface area contributed by atoms with Crippen molar-refractivity contribution in [2.45, 2.75) is 32.9 Å². The highest BCUT2D eigenvalue weighted by molar-refractivity contribution is 14.2. The Kier molecular flexibility index (Phi) is 9.11. The smallest absolute Gasteiger partial charge is 0.229 e. The van der Waals surface area contributed by atoms with Gasteiger partial charge in [-0.1, -0.05) is 0 Å². The van der Waals surface area contributed by atoms with Crippen LogP contribution in [0.2, 0.25) is 0 Å². The first-order valence-corrected chi connectivity index (χ1v) is 13.0. The zero-order valence-corrected chi connectivity index (χ0v) is 21.8. The van der Waals surface area contributed by atoms with Gasteiger partial charge in [-0.05, 0) is 81.7 Å². The number of anilines is 4. The monoisotopic (exact) mass is 615 g/mol. The number of benzene rings is 1. The fraction of sp³-hybridized carbons (Fsp3) is 0.333. The molecule has 6 N–H and O–H groups in total. The van der Waals surface area contributed by atoms with Gasteiger partial charge in [-0.3, -0.25) is 5.32 Å². The summed E-state index contributed by atoms with van der Waals surface area (Å²) in [5.41, 5.74) is 2.70. The molecule has 9 nitrogen and oxygen atoms in total. The lowest BCUT2D eigenvalue weighted by Gasteiger charge is -2.20. The molecular weight excluding hydrogens is 589 g/mol. The Morgan fingerprint density at radius 2 is 1.81 bits per heavy atom. The number of aliphatic imine (C=N–C) groups is 1. The van der Waals surface area contributed by atoms with Gasteiger partial charge in [-0.25, -0.2) is 9.98 Å². The van der Waals surface area contributed by atoms with Crippen molar-refractivity contribution >= 4 is 67.3 Å². The quantitative estimate of drug-likeness (QED) is 0.187. The molecule has 0 spiro atoms. The zero-order valence-electron chi connectivity index (χ0n) is 18.0. The third-order valence-corrected chi connectivity index (χ3v) is 8.36. The number of aliphatic hydroxyl groups is 2. The summed E-state index contributed by atoms with van der Waals surface area (Å²) in [5.74, 6) is 1.17. The summed E-state index contributed by atoms with van der Waals surface area (Å²) < 4.78 is 2.92. The Balaban J connectivity index is 1.64. The van der Waals surface area contributed by atoms with Crippen molar-refractivity contribution in [3.05, 3.63) is 46.7 Å². The van der Waals surface area contributed by atoms with Gasteiger partial charge in [-0.2, -0.15) is 4.98 Å². The molecular formula is C21H27BrIN7O2. The highest BCUT2D eigenvalue weighted by atomic mass is 127. The van der Waals surface area contributed by atoms with Crippen LogP contribution < -0.4 is 21.3 Å². The van der Waals surface area contributed by atoms with E-state index in [-0.39, 0.29) is 12.6 Å². The van der Waals surface area contributed by atoms with Crippen LogP contribution in [0.4, 0.5) is 23.1 Å². The Morgan fingerprint density at radius 1 is 1.12 bits per heavy atom. The Bertz CT molecular complexity index is 1030. The normalized spacial score (nSPS) is 15.5. The standard InChI is InChI=1S/C21H27BrIN7O2/c1-12-10-26-21(30-19(12)24-8-9-31)29-16-6-4-15(5-7-16)28-20-23-18(17(22)11-25-20)27-13(2)14(3)32/h4-7,10-11,13-14,27,31-32H,8-9H2,1-3H3,(H,25,28)(H2,24,26,29,30)/t13-,14-/m1/s1. The average Bonchev–Trinajstić information content (AvgIpc) is 2.77. The molecule has 11 heteroatoms. The molecule has 3 rings (SSSR count). The van der Waals surface area contributed by atoms with E-state index in [2.05, 4.69) is 52.2 Å². The van der Waals surface area contributed by atoms with E-state index in [1.54, 1.807) is 19.3 Å². The number of nitrogens with one attached hydrogen (secondary N) is 4. The molecule has 1 aliphatic heterocycles. The van der Waals surface area contributed by atoms with Crippen molar-refractivity contribution in [2.75, 3.05) is 29.1 Å². The van der Waals surface area contributed by atoms with Gasteiger partial charge in [0.15, 0.2) is 3.84 Å². The number of rotatable bonds is 9. The van der Waals surface area contributed by atoms with Crippen molar-refractivity contribution in [1.29, 1.82) is 0 Å². The fourth-order valence-electron chi connectivity index (χ4n) is 2.54. The van der Waals surface area contributed by atoms with E-state index in [0.29, 0.717) is 18.3 Å². The van der Waals surface area contributed by atoms with Crippen molar-refractivity contribution < 1.29 is 10.2 Å². The molecule has 0 saturated carbocycles. The Morgan fingerprint density at radius 3 is 2.47 bits per heavy atom. The minimum absolute atomic E-state index is 0.0376. The summed E-state index contributed by atoms with van der Waals surface area (Å²) >= 11 is 3.00. The third kappa shape index (κ3) is 7.04. The topological polar surface area (TPSA) is 127 Å². The van der Waals surface area contributed by atoms with Gasteiger partial charge in [0.1, 0.15) is 5.82 Å². The van der Waals surface area contributed by atoms with Crippen LogP contribution >= 0.6 is 36.7 Å². The van der Waals surface area contributed by atoms with Gasteiger partial charge >= 0.3 is 0 Å². The molecule has 0 radical (unpaired) electrons. The van der Waals surface area contributed by atoms with Crippen molar-refractivity contribution in [3.63, 3.8) is 0 Å². The SMILES string of the molecule is Cc1cnc(Nc2ccc(NC3=NC=C(Br)C(N[C@H](C)[C@@H](C)O)=I3)cc2)nc1NCCO. The van der Waals surface area contributed by atoms with Crippen LogP contribution in [0.25, 0.3) is 0 Å². The summed E-state index contributed by atoms with van der Waals surface area (Å²) in [6, 6.07) is 7.77. The van der Waals surface area contributed by atoms with Crippen molar-refractivity contribution in [2.24, 2.45) is 4.99 Å². The fourth-order valence-corrected chi connectivity index (χ4v) is 5.54. The molecule has 0 amide bonds. The van der Waals surface area contributed by atoms with E-state index in [1.807, 2.05) is 38.1 Å². The molecule has 172 valence electrons. The molecule has 2 heterocycles. The second kappa shape index (κ2) is 11.8. The maximum Gasteiger partial charge on any atom is 0.229 e. The van der Waals surface area contributed by atoms with Gasteiger partial charge in [0.25, 0.3) is 0 Å². The number of halogens is 2. The van der Waals surface area contributed by atoms with Gasteiger partial charge < -0.3 is 26.2 Å². The molecule has 1 aliphatic rings. The lowest BCUT2D eigenvalue weighted by atomic mass is 10.2. The van der Waals surface area contributed by atoms with Gasteiger partial charge in [-0.15, -0.1) is 0 Å². The number of aromatic nitrogens is 2. The van der Waals surface area contributed by atoms with Crippen LogP contribution in [-0.2, 0) is 0 Å². The predicted octanol–water partition coefficient (Wildman–Crippen LogP) is 3.41. The Hall–Kier alpha value is -1.93. The van der Waals surface area contributed by atoms with E-state index in [4.69, 9.17) is 5.11 Å². The van der Waals surface area contributed by atoms with E-state index in [9.17, 15) is 5.11 Å². The number of hydrogen-bond donors (Lipinski definition) is 6. The van der Waals surface area contributed by atoms with E-state index < -0.39 is 26.8 Å². The molecule has 0 unspecified atom stereocenters. The first kappa shape index (κ1) is 24.7. The van der Waals surface area contributed by atoms with Crippen LogP contribution in [0, 0.1) is 6.92 Å². The third-order valence-electron chi connectivity index (χ3n) is 4.53. The highest BCUT2D eigenvalue weighted by Gasteiger charge is 2.16. The summed E-state index contributed by atoms with van der Waals surface area (Å²) in [4.78, 5) is 13.3. The number of aryl methyl sites for hydroxylation is 1. The summed E-state index contributed by atoms with van der Waals surface area (Å²) in [7, 11) is 0. The molecule has 0 saturated heterocycles.